The molecule has 0 spiro atoms. The van der Waals surface area contributed by atoms with E-state index in [0.29, 0.717) is 23.7 Å². The van der Waals surface area contributed by atoms with E-state index < -0.39 is 15.9 Å². The van der Waals surface area contributed by atoms with E-state index in [2.05, 4.69) is 20.5 Å². The number of benzene rings is 1. The first-order valence-corrected chi connectivity index (χ1v) is 10.6. The van der Waals surface area contributed by atoms with Crippen molar-refractivity contribution in [3.05, 3.63) is 41.2 Å². The minimum absolute atomic E-state index is 0.152. The van der Waals surface area contributed by atoms with Gasteiger partial charge in [-0.3, -0.25) is 14.4 Å². The summed E-state index contributed by atoms with van der Waals surface area (Å²) in [5.41, 5.74) is 3.40. The van der Waals surface area contributed by atoms with Gasteiger partial charge in [-0.1, -0.05) is 11.6 Å². The zero-order valence-electron chi connectivity index (χ0n) is 15.6. The lowest BCUT2D eigenvalue weighted by Gasteiger charge is -2.17. The van der Waals surface area contributed by atoms with Crippen LogP contribution in [0.4, 0.5) is 17.1 Å². The summed E-state index contributed by atoms with van der Waals surface area (Å²) >= 11 is 5.96. The smallest absolute Gasteiger partial charge is 0.278 e. The summed E-state index contributed by atoms with van der Waals surface area (Å²) < 4.78 is 31.3. The van der Waals surface area contributed by atoms with Crippen molar-refractivity contribution >= 4 is 44.6 Å². The Balaban J connectivity index is 2.44. The third kappa shape index (κ3) is 6.25. The van der Waals surface area contributed by atoms with Crippen LogP contribution in [0, 0.1) is 0 Å². The first-order valence-electron chi connectivity index (χ1n) is 8.32. The van der Waals surface area contributed by atoms with E-state index in [-0.39, 0.29) is 23.0 Å². The average Bonchev–Trinajstić information content (AvgIpc) is 2.61. The Morgan fingerprint density at radius 1 is 1.14 bits per heavy atom. The molecule has 0 saturated carbocycles. The number of anilines is 3. The maximum Gasteiger partial charge on any atom is 0.278 e. The highest BCUT2D eigenvalue weighted by molar-refractivity contribution is 7.92. The maximum absolute atomic E-state index is 12.3. The first-order chi connectivity index (χ1) is 13.2. The fraction of sp³-hybridized carbons (Fsp3) is 0.294. The SMILES string of the molecule is CCONC(=O)c1cnc(Cl)cc1Nc1ccc(OCC)cc1NS(C)(=O)=O. The number of carbonyl (C=O) groups is 1. The van der Waals surface area contributed by atoms with Crippen molar-refractivity contribution < 1.29 is 22.8 Å². The number of halogens is 1. The van der Waals surface area contributed by atoms with Crippen LogP contribution in [0.1, 0.15) is 24.2 Å². The molecule has 152 valence electrons. The Morgan fingerprint density at radius 2 is 1.89 bits per heavy atom. The van der Waals surface area contributed by atoms with Crippen molar-refractivity contribution in [2.75, 3.05) is 29.5 Å². The number of nitrogens with zero attached hydrogens (tertiary/aromatic N) is 1. The summed E-state index contributed by atoms with van der Waals surface area (Å²) in [5.74, 6) is -0.0432. The number of rotatable bonds is 9. The topological polar surface area (TPSA) is 119 Å². The molecular formula is C17H21ClN4O5S. The van der Waals surface area contributed by atoms with Crippen molar-refractivity contribution in [3.8, 4) is 5.75 Å². The van der Waals surface area contributed by atoms with Gasteiger partial charge in [0.05, 0.1) is 42.1 Å². The van der Waals surface area contributed by atoms with E-state index in [1.165, 1.54) is 18.3 Å². The van der Waals surface area contributed by atoms with E-state index in [1.54, 1.807) is 19.1 Å². The number of carbonyl (C=O) groups excluding carboxylic acids is 1. The number of nitrogens with one attached hydrogen (secondary N) is 3. The minimum Gasteiger partial charge on any atom is -0.494 e. The van der Waals surface area contributed by atoms with Crippen molar-refractivity contribution in [2.45, 2.75) is 13.8 Å². The normalized spacial score (nSPS) is 11.0. The number of pyridine rings is 1. The maximum atomic E-state index is 12.3. The molecule has 0 radical (unpaired) electrons. The molecule has 2 rings (SSSR count). The number of hydrogen-bond acceptors (Lipinski definition) is 7. The summed E-state index contributed by atoms with van der Waals surface area (Å²) in [6.07, 6.45) is 2.33. The first kappa shape index (κ1) is 21.7. The lowest BCUT2D eigenvalue weighted by atomic mass is 10.2. The van der Waals surface area contributed by atoms with Crippen molar-refractivity contribution in [3.63, 3.8) is 0 Å². The predicted octanol–water partition coefficient (Wildman–Crippen LogP) is 2.93. The molecule has 0 unspecified atom stereocenters. The van der Waals surface area contributed by atoms with Gasteiger partial charge in [-0.2, -0.15) is 0 Å². The highest BCUT2D eigenvalue weighted by Gasteiger charge is 2.16. The van der Waals surface area contributed by atoms with Crippen LogP contribution in [-0.4, -0.2) is 38.8 Å². The van der Waals surface area contributed by atoms with E-state index in [4.69, 9.17) is 21.2 Å². The Bertz CT molecular complexity index is 953. The molecule has 28 heavy (non-hydrogen) atoms. The Kier molecular flexibility index (Phi) is 7.44. The van der Waals surface area contributed by atoms with Gasteiger partial charge in [-0.15, -0.1) is 0 Å². The van der Waals surface area contributed by atoms with Gasteiger partial charge in [0.15, 0.2) is 0 Å². The summed E-state index contributed by atoms with van der Waals surface area (Å²) in [6.45, 7) is 4.25. The van der Waals surface area contributed by atoms with Gasteiger partial charge in [0.1, 0.15) is 10.9 Å². The second-order valence-electron chi connectivity index (χ2n) is 5.56. The molecule has 1 aromatic heterocycles. The number of hydrogen-bond donors (Lipinski definition) is 3. The second-order valence-corrected chi connectivity index (χ2v) is 7.69. The van der Waals surface area contributed by atoms with Gasteiger partial charge >= 0.3 is 0 Å². The van der Waals surface area contributed by atoms with E-state index >= 15 is 0 Å². The second kappa shape index (κ2) is 9.58. The number of amides is 1. The zero-order chi connectivity index (χ0) is 20.7. The Labute approximate surface area is 168 Å². The van der Waals surface area contributed by atoms with Crippen LogP contribution >= 0.6 is 11.6 Å². The van der Waals surface area contributed by atoms with Gasteiger partial charge in [0.25, 0.3) is 5.91 Å². The molecule has 0 aliphatic heterocycles. The molecule has 0 aliphatic carbocycles. The van der Waals surface area contributed by atoms with Crippen LogP contribution in [0.15, 0.2) is 30.5 Å². The summed E-state index contributed by atoms with van der Waals surface area (Å²) in [4.78, 5) is 21.1. The number of ether oxygens (including phenoxy) is 1. The molecule has 9 nitrogen and oxygen atoms in total. The fourth-order valence-electron chi connectivity index (χ4n) is 2.23. The minimum atomic E-state index is -3.55. The van der Waals surface area contributed by atoms with Gasteiger partial charge in [-0.05, 0) is 32.0 Å². The number of aromatic nitrogens is 1. The van der Waals surface area contributed by atoms with Crippen LogP contribution < -0.4 is 20.3 Å². The molecule has 0 saturated heterocycles. The monoisotopic (exact) mass is 428 g/mol. The molecule has 2 aromatic rings. The molecule has 0 aliphatic rings. The van der Waals surface area contributed by atoms with Gasteiger partial charge in [0.2, 0.25) is 10.0 Å². The highest BCUT2D eigenvalue weighted by Crippen LogP contribution is 2.32. The third-order valence-corrected chi connectivity index (χ3v) is 4.09. The zero-order valence-corrected chi connectivity index (χ0v) is 17.1. The average molecular weight is 429 g/mol. The van der Waals surface area contributed by atoms with Crippen LogP contribution in [0.5, 0.6) is 5.75 Å². The summed E-state index contributed by atoms with van der Waals surface area (Å²) in [6, 6.07) is 6.28. The van der Waals surface area contributed by atoms with Crippen molar-refractivity contribution in [1.82, 2.24) is 10.5 Å². The molecule has 3 N–H and O–H groups in total. The number of sulfonamides is 1. The quantitative estimate of drug-likeness (QED) is 0.415. The largest absolute Gasteiger partial charge is 0.494 e. The van der Waals surface area contributed by atoms with Crippen molar-refractivity contribution in [1.29, 1.82) is 0 Å². The molecular weight excluding hydrogens is 408 g/mol. The molecule has 0 bridgehead atoms. The Hall–Kier alpha value is -2.56. The van der Waals surface area contributed by atoms with Crippen LogP contribution in [0.3, 0.4) is 0 Å². The van der Waals surface area contributed by atoms with Crippen LogP contribution in [0.25, 0.3) is 0 Å². The highest BCUT2D eigenvalue weighted by atomic mass is 35.5. The fourth-order valence-corrected chi connectivity index (χ4v) is 2.95. The summed E-state index contributed by atoms with van der Waals surface area (Å²) in [5, 5.41) is 3.16. The molecule has 11 heteroatoms. The molecule has 0 atom stereocenters. The van der Waals surface area contributed by atoms with E-state index in [1.807, 2.05) is 6.92 Å². The lowest BCUT2D eigenvalue weighted by molar-refractivity contribution is 0.0365. The van der Waals surface area contributed by atoms with Gasteiger partial charge in [0, 0.05) is 12.3 Å². The van der Waals surface area contributed by atoms with Crippen LogP contribution in [-0.2, 0) is 14.9 Å². The number of hydroxylamine groups is 1. The summed E-state index contributed by atoms with van der Waals surface area (Å²) in [7, 11) is -3.55. The molecule has 1 amide bonds. The molecule has 1 aromatic carbocycles. The predicted molar refractivity (Wildman–Crippen MR) is 108 cm³/mol. The van der Waals surface area contributed by atoms with E-state index in [0.717, 1.165) is 6.26 Å². The van der Waals surface area contributed by atoms with Gasteiger partial charge in [-0.25, -0.2) is 18.9 Å². The van der Waals surface area contributed by atoms with Crippen molar-refractivity contribution in [2.24, 2.45) is 0 Å². The molecule has 0 fully saturated rings. The van der Waals surface area contributed by atoms with Gasteiger partial charge < -0.3 is 10.1 Å². The Morgan fingerprint density at radius 3 is 2.54 bits per heavy atom. The molecule has 1 heterocycles. The van der Waals surface area contributed by atoms with E-state index in [9.17, 15) is 13.2 Å². The lowest BCUT2D eigenvalue weighted by Crippen LogP contribution is -2.24. The van der Waals surface area contributed by atoms with Crippen LogP contribution in [0.2, 0.25) is 5.15 Å². The standard InChI is InChI=1S/C17H21ClN4O5S/c1-4-26-11-6-7-13(15(8-11)22-28(3,24)25)20-14-9-16(18)19-10-12(14)17(23)21-27-5-2/h6-10,22H,4-5H2,1-3H3,(H,19,20)(H,21,23). The third-order valence-electron chi connectivity index (χ3n) is 3.29.